The van der Waals surface area contributed by atoms with Crippen LogP contribution in [0.25, 0.3) is 6.08 Å². The minimum absolute atomic E-state index is 0.137. The van der Waals surface area contributed by atoms with Crippen LogP contribution in [0.15, 0.2) is 17.0 Å². The smallest absolute Gasteiger partial charge is 0.293 e. The number of hydrogen-bond acceptors (Lipinski definition) is 4. The van der Waals surface area contributed by atoms with Gasteiger partial charge in [0.1, 0.15) is 0 Å². The lowest BCUT2D eigenvalue weighted by Crippen LogP contribution is -2.48. The van der Waals surface area contributed by atoms with Crippen molar-refractivity contribution in [2.75, 3.05) is 18.0 Å². The number of rotatable bonds is 4. The zero-order valence-corrected chi connectivity index (χ0v) is 18.1. The second kappa shape index (κ2) is 7.34. The predicted octanol–water partition coefficient (Wildman–Crippen LogP) is 5.55. The molecule has 0 saturated carbocycles. The first-order valence-corrected chi connectivity index (χ1v) is 10.7. The standard InChI is InChI=1S/C22H30N2O2S/c1-7-9-23-20(25)19(27-21(23)26)12-16-11-17-15(4)13-22(5,6)24(8-2)18(17)10-14(16)3/h10-12,15H,7-9,13H2,1-6H3/b19-12-. The SMILES string of the molecule is CCCN1C(=O)S/C(=C\c2cc3c(cc2C)N(CC)C(C)(C)CC3C)C1=O. The van der Waals surface area contributed by atoms with Gasteiger partial charge < -0.3 is 4.90 Å². The minimum Gasteiger partial charge on any atom is -0.366 e. The van der Waals surface area contributed by atoms with Crippen LogP contribution >= 0.6 is 11.8 Å². The molecule has 146 valence electrons. The number of imide groups is 1. The van der Waals surface area contributed by atoms with E-state index < -0.39 is 0 Å². The Kier molecular flexibility index (Phi) is 5.44. The van der Waals surface area contributed by atoms with Crippen LogP contribution in [0.2, 0.25) is 0 Å². The molecule has 2 heterocycles. The lowest BCUT2D eigenvalue weighted by atomic mass is 9.79. The van der Waals surface area contributed by atoms with Gasteiger partial charge in [0.15, 0.2) is 0 Å². The Bertz CT molecular complexity index is 813. The van der Waals surface area contributed by atoms with Crippen LogP contribution in [0.4, 0.5) is 10.5 Å². The first-order valence-electron chi connectivity index (χ1n) is 9.87. The number of hydrogen-bond donors (Lipinski definition) is 0. The summed E-state index contributed by atoms with van der Waals surface area (Å²) in [6.07, 6.45) is 3.78. The Hall–Kier alpha value is -1.75. The molecule has 0 radical (unpaired) electrons. The number of anilines is 1. The van der Waals surface area contributed by atoms with E-state index in [1.165, 1.54) is 16.2 Å². The summed E-state index contributed by atoms with van der Waals surface area (Å²) in [5, 5.41) is -0.156. The molecule has 1 atom stereocenters. The molecule has 2 aliphatic heterocycles. The van der Waals surface area contributed by atoms with Gasteiger partial charge in [-0.25, -0.2) is 0 Å². The van der Waals surface area contributed by atoms with Crippen LogP contribution in [0.1, 0.15) is 70.1 Å². The number of fused-ring (bicyclic) bond motifs is 1. The number of nitrogens with zero attached hydrogens (tertiary/aromatic N) is 2. The highest BCUT2D eigenvalue weighted by Crippen LogP contribution is 2.44. The summed E-state index contributed by atoms with van der Waals surface area (Å²) in [7, 11) is 0. The summed E-state index contributed by atoms with van der Waals surface area (Å²) in [4.78, 5) is 29.1. The van der Waals surface area contributed by atoms with Crippen molar-refractivity contribution in [3.05, 3.63) is 33.7 Å². The van der Waals surface area contributed by atoms with E-state index in [1.807, 2.05) is 13.0 Å². The minimum atomic E-state index is -0.159. The molecule has 27 heavy (non-hydrogen) atoms. The largest absolute Gasteiger partial charge is 0.366 e. The summed E-state index contributed by atoms with van der Waals surface area (Å²) >= 11 is 1.06. The third kappa shape index (κ3) is 3.54. The highest BCUT2D eigenvalue weighted by atomic mass is 32.2. The van der Waals surface area contributed by atoms with Gasteiger partial charge in [0.2, 0.25) is 0 Å². The number of thioether (sulfide) groups is 1. The Morgan fingerprint density at radius 1 is 1.26 bits per heavy atom. The summed E-state index contributed by atoms with van der Waals surface area (Å²) < 4.78 is 0. The van der Waals surface area contributed by atoms with Crippen LogP contribution in [0, 0.1) is 6.92 Å². The van der Waals surface area contributed by atoms with Crippen molar-refractivity contribution in [3.63, 3.8) is 0 Å². The molecule has 1 fully saturated rings. The zero-order valence-electron chi connectivity index (χ0n) is 17.3. The van der Waals surface area contributed by atoms with Crippen molar-refractivity contribution >= 4 is 34.7 Å². The van der Waals surface area contributed by atoms with Gasteiger partial charge in [-0.3, -0.25) is 14.5 Å². The van der Waals surface area contributed by atoms with E-state index in [-0.39, 0.29) is 16.7 Å². The van der Waals surface area contributed by atoms with Crippen LogP contribution in [0.5, 0.6) is 0 Å². The zero-order chi connectivity index (χ0) is 19.9. The monoisotopic (exact) mass is 386 g/mol. The molecule has 4 nitrogen and oxygen atoms in total. The topological polar surface area (TPSA) is 40.6 Å². The van der Waals surface area contributed by atoms with Crippen LogP contribution in [-0.4, -0.2) is 34.7 Å². The average Bonchev–Trinajstić information content (AvgIpc) is 2.84. The second-order valence-corrected chi connectivity index (χ2v) is 9.26. The predicted molar refractivity (Wildman–Crippen MR) is 114 cm³/mol. The van der Waals surface area contributed by atoms with Gasteiger partial charge >= 0.3 is 0 Å². The maximum atomic E-state index is 12.6. The van der Waals surface area contributed by atoms with Crippen molar-refractivity contribution in [1.29, 1.82) is 0 Å². The molecular weight excluding hydrogens is 356 g/mol. The molecule has 2 aliphatic rings. The molecular formula is C22H30N2O2S. The first-order chi connectivity index (χ1) is 12.7. The Labute approximate surface area is 167 Å². The lowest BCUT2D eigenvalue weighted by molar-refractivity contribution is -0.122. The summed E-state index contributed by atoms with van der Waals surface area (Å²) in [6.45, 7) is 14.6. The van der Waals surface area contributed by atoms with E-state index in [0.29, 0.717) is 17.4 Å². The third-order valence-electron chi connectivity index (χ3n) is 5.70. The number of aryl methyl sites for hydroxylation is 1. The van der Waals surface area contributed by atoms with Gasteiger partial charge in [-0.15, -0.1) is 0 Å². The van der Waals surface area contributed by atoms with Crippen molar-refractivity contribution < 1.29 is 9.59 Å². The Balaban J connectivity index is 2.02. The summed E-state index contributed by atoms with van der Waals surface area (Å²) in [6, 6.07) is 4.47. The Morgan fingerprint density at radius 3 is 2.59 bits per heavy atom. The van der Waals surface area contributed by atoms with Gasteiger partial charge in [0, 0.05) is 24.3 Å². The highest BCUT2D eigenvalue weighted by Gasteiger charge is 2.37. The number of carbonyl (C=O) groups excluding carboxylic acids is 2. The molecule has 0 aromatic heterocycles. The van der Waals surface area contributed by atoms with E-state index in [2.05, 4.69) is 51.7 Å². The normalized spacial score (nSPS) is 23.3. The molecule has 3 rings (SSSR count). The molecule has 1 aromatic carbocycles. The fourth-order valence-corrected chi connectivity index (χ4v) is 5.32. The number of amides is 2. The van der Waals surface area contributed by atoms with Crippen LogP contribution in [-0.2, 0) is 4.79 Å². The molecule has 2 amide bonds. The molecule has 1 saturated heterocycles. The molecule has 0 N–H and O–H groups in total. The van der Waals surface area contributed by atoms with Crippen molar-refractivity contribution in [1.82, 2.24) is 4.90 Å². The fourth-order valence-electron chi connectivity index (χ4n) is 4.46. The third-order valence-corrected chi connectivity index (χ3v) is 6.60. The van der Waals surface area contributed by atoms with Gasteiger partial charge in [-0.2, -0.15) is 0 Å². The lowest BCUT2D eigenvalue weighted by Gasteiger charge is -2.47. The van der Waals surface area contributed by atoms with Crippen LogP contribution in [0.3, 0.4) is 0 Å². The van der Waals surface area contributed by atoms with E-state index in [4.69, 9.17) is 0 Å². The molecule has 0 bridgehead atoms. The molecule has 0 spiro atoms. The van der Waals surface area contributed by atoms with Gasteiger partial charge in [0.25, 0.3) is 11.1 Å². The van der Waals surface area contributed by atoms with Crippen molar-refractivity contribution in [2.45, 2.75) is 65.8 Å². The van der Waals surface area contributed by atoms with E-state index in [0.717, 1.165) is 42.3 Å². The molecule has 0 aliphatic carbocycles. The average molecular weight is 387 g/mol. The van der Waals surface area contributed by atoms with E-state index in [9.17, 15) is 9.59 Å². The second-order valence-electron chi connectivity index (χ2n) is 8.26. The quantitative estimate of drug-likeness (QED) is 0.636. The Morgan fingerprint density at radius 2 is 1.96 bits per heavy atom. The van der Waals surface area contributed by atoms with Gasteiger partial charge in [0.05, 0.1) is 4.91 Å². The highest BCUT2D eigenvalue weighted by molar-refractivity contribution is 8.18. The van der Waals surface area contributed by atoms with Crippen LogP contribution < -0.4 is 4.90 Å². The fraction of sp³-hybridized carbons (Fsp3) is 0.545. The maximum absolute atomic E-state index is 12.6. The number of carbonyl (C=O) groups is 2. The molecule has 5 heteroatoms. The van der Waals surface area contributed by atoms with Crippen molar-refractivity contribution in [3.8, 4) is 0 Å². The molecule has 1 unspecified atom stereocenters. The van der Waals surface area contributed by atoms with E-state index >= 15 is 0 Å². The van der Waals surface area contributed by atoms with Gasteiger partial charge in [-0.05, 0) is 93.1 Å². The first kappa shape index (κ1) is 20.0. The summed E-state index contributed by atoms with van der Waals surface area (Å²) in [5.41, 5.74) is 4.95. The molecule has 1 aromatic rings. The van der Waals surface area contributed by atoms with Crippen molar-refractivity contribution in [2.24, 2.45) is 0 Å². The summed E-state index contributed by atoms with van der Waals surface area (Å²) in [5.74, 6) is 0.300. The maximum Gasteiger partial charge on any atom is 0.293 e. The van der Waals surface area contributed by atoms with E-state index in [1.54, 1.807) is 0 Å². The van der Waals surface area contributed by atoms with Gasteiger partial charge in [-0.1, -0.05) is 13.8 Å². The number of benzene rings is 1.